The first kappa shape index (κ1) is 11.3. The van der Waals surface area contributed by atoms with E-state index in [4.69, 9.17) is 16.3 Å². The van der Waals surface area contributed by atoms with E-state index in [-0.39, 0.29) is 5.56 Å². The van der Waals surface area contributed by atoms with E-state index in [1.54, 1.807) is 13.2 Å². The zero-order valence-corrected chi connectivity index (χ0v) is 10.1. The molecule has 0 aromatic carbocycles. The summed E-state index contributed by atoms with van der Waals surface area (Å²) < 4.78 is 5.60. The van der Waals surface area contributed by atoms with Gasteiger partial charge in [-0.3, -0.25) is 4.79 Å². The Morgan fingerprint density at radius 3 is 3.00 bits per heavy atom. The van der Waals surface area contributed by atoms with Gasteiger partial charge >= 0.3 is 0 Å². The van der Waals surface area contributed by atoms with Crippen LogP contribution in [0.4, 0.5) is 0 Å². The first-order valence-corrected chi connectivity index (χ1v) is 5.73. The molecule has 0 bridgehead atoms. The van der Waals surface area contributed by atoms with Crippen molar-refractivity contribution in [3.05, 3.63) is 38.6 Å². The topological polar surface area (TPSA) is 55.0 Å². The van der Waals surface area contributed by atoms with Crippen LogP contribution >= 0.6 is 22.9 Å². The molecule has 0 saturated carbocycles. The molecule has 1 N–H and O–H groups in total. The minimum atomic E-state index is -0.193. The highest BCUT2D eigenvalue weighted by Crippen LogP contribution is 2.28. The van der Waals surface area contributed by atoms with E-state index in [1.165, 1.54) is 17.4 Å². The first-order chi connectivity index (χ1) is 7.69. The number of thiophene rings is 1. The van der Waals surface area contributed by atoms with Gasteiger partial charge in [-0.2, -0.15) is 0 Å². The van der Waals surface area contributed by atoms with Gasteiger partial charge in [0.2, 0.25) is 0 Å². The van der Waals surface area contributed by atoms with Crippen LogP contribution in [-0.4, -0.2) is 17.1 Å². The lowest BCUT2D eigenvalue weighted by molar-refractivity contribution is 0.181. The molecule has 0 unspecified atom stereocenters. The fraction of sp³-hybridized carbons (Fsp3) is 0.200. The normalized spacial score (nSPS) is 10.6. The summed E-state index contributed by atoms with van der Waals surface area (Å²) in [6, 6.07) is 5.01. The number of hydrogen-bond donors (Lipinski definition) is 1. The van der Waals surface area contributed by atoms with Gasteiger partial charge in [-0.1, -0.05) is 11.6 Å². The maximum absolute atomic E-state index is 11.4. The van der Waals surface area contributed by atoms with Crippen molar-refractivity contribution >= 4 is 22.9 Å². The molecule has 0 atom stereocenters. The van der Waals surface area contributed by atoms with Crippen molar-refractivity contribution in [2.24, 2.45) is 0 Å². The summed E-state index contributed by atoms with van der Waals surface area (Å²) >= 11 is 7.19. The molecule has 2 heterocycles. The van der Waals surface area contributed by atoms with E-state index in [0.29, 0.717) is 22.5 Å². The van der Waals surface area contributed by atoms with Crippen LogP contribution in [0.1, 0.15) is 5.69 Å². The SMILES string of the molecule is COCc1cc(=O)[nH]c(-c2ccc(Cl)s2)n1. The molecule has 0 radical (unpaired) electrons. The lowest BCUT2D eigenvalue weighted by Gasteiger charge is -2.01. The molecular weight excluding hydrogens is 248 g/mol. The number of ether oxygens (including phenoxy) is 1. The summed E-state index contributed by atoms with van der Waals surface area (Å²) in [5.74, 6) is 0.524. The van der Waals surface area contributed by atoms with Crippen LogP contribution in [0.2, 0.25) is 4.34 Å². The van der Waals surface area contributed by atoms with Crippen molar-refractivity contribution in [3.8, 4) is 10.7 Å². The fourth-order valence-electron chi connectivity index (χ4n) is 1.29. The summed E-state index contributed by atoms with van der Waals surface area (Å²) in [5.41, 5.74) is 0.410. The molecule has 0 aliphatic rings. The molecule has 0 fully saturated rings. The Balaban J connectivity index is 2.44. The van der Waals surface area contributed by atoms with Gasteiger partial charge in [0.15, 0.2) is 5.82 Å². The van der Waals surface area contributed by atoms with Crippen LogP contribution in [0.5, 0.6) is 0 Å². The Labute approximate surface area is 101 Å². The van der Waals surface area contributed by atoms with E-state index in [9.17, 15) is 4.79 Å². The lowest BCUT2D eigenvalue weighted by atomic mass is 10.4. The zero-order valence-electron chi connectivity index (χ0n) is 8.49. The van der Waals surface area contributed by atoms with Gasteiger partial charge in [-0.25, -0.2) is 4.98 Å². The molecule has 0 amide bonds. The average molecular weight is 257 g/mol. The highest BCUT2D eigenvalue weighted by Gasteiger charge is 2.06. The van der Waals surface area contributed by atoms with Gasteiger partial charge < -0.3 is 9.72 Å². The number of hydrogen-bond acceptors (Lipinski definition) is 4. The van der Waals surface area contributed by atoms with Gasteiger partial charge in [0.1, 0.15) is 0 Å². The second-order valence-electron chi connectivity index (χ2n) is 3.12. The number of aromatic nitrogens is 2. The van der Waals surface area contributed by atoms with Crippen molar-refractivity contribution in [2.75, 3.05) is 7.11 Å². The maximum atomic E-state index is 11.4. The predicted octanol–water partition coefficient (Wildman–Crippen LogP) is 2.30. The lowest BCUT2D eigenvalue weighted by Crippen LogP contribution is -2.10. The van der Waals surface area contributed by atoms with Crippen molar-refractivity contribution in [1.29, 1.82) is 0 Å². The highest BCUT2D eigenvalue weighted by atomic mass is 35.5. The average Bonchev–Trinajstić information content (AvgIpc) is 2.64. The number of nitrogens with one attached hydrogen (secondary N) is 1. The Hall–Kier alpha value is -1.17. The van der Waals surface area contributed by atoms with Crippen LogP contribution in [0.15, 0.2) is 23.0 Å². The number of methoxy groups -OCH3 is 1. The van der Waals surface area contributed by atoms with Gasteiger partial charge in [0.25, 0.3) is 5.56 Å². The minimum absolute atomic E-state index is 0.193. The van der Waals surface area contributed by atoms with Gasteiger partial charge in [0.05, 0.1) is 21.5 Å². The Bertz CT molecular complexity index is 550. The fourth-order valence-corrected chi connectivity index (χ4v) is 2.28. The molecule has 0 aliphatic heterocycles. The maximum Gasteiger partial charge on any atom is 0.251 e. The van der Waals surface area contributed by atoms with Crippen molar-refractivity contribution in [1.82, 2.24) is 9.97 Å². The minimum Gasteiger partial charge on any atom is -0.378 e. The van der Waals surface area contributed by atoms with Crippen molar-refractivity contribution in [3.63, 3.8) is 0 Å². The largest absolute Gasteiger partial charge is 0.378 e. The molecule has 2 rings (SSSR count). The zero-order chi connectivity index (χ0) is 11.5. The second-order valence-corrected chi connectivity index (χ2v) is 4.84. The molecule has 16 heavy (non-hydrogen) atoms. The molecule has 2 aromatic heterocycles. The van der Waals surface area contributed by atoms with E-state index < -0.39 is 0 Å². The van der Waals surface area contributed by atoms with Crippen molar-refractivity contribution in [2.45, 2.75) is 6.61 Å². The molecule has 0 spiro atoms. The molecule has 6 heteroatoms. The molecule has 0 saturated heterocycles. The van der Waals surface area contributed by atoms with E-state index in [1.807, 2.05) is 6.07 Å². The van der Waals surface area contributed by atoms with E-state index in [2.05, 4.69) is 9.97 Å². The van der Waals surface area contributed by atoms with Crippen LogP contribution in [-0.2, 0) is 11.3 Å². The van der Waals surface area contributed by atoms with Gasteiger partial charge in [-0.15, -0.1) is 11.3 Å². The number of nitrogens with zero attached hydrogens (tertiary/aromatic N) is 1. The standard InChI is InChI=1S/C10H9ClN2O2S/c1-15-5-6-4-9(14)13-10(12-6)7-2-3-8(11)16-7/h2-4H,5H2,1H3,(H,12,13,14). The molecule has 2 aromatic rings. The number of H-pyrrole nitrogens is 1. The summed E-state index contributed by atoms with van der Waals surface area (Å²) in [4.78, 5) is 19.2. The summed E-state index contributed by atoms with van der Waals surface area (Å²) in [5, 5.41) is 0. The van der Waals surface area contributed by atoms with Crippen LogP contribution < -0.4 is 5.56 Å². The molecule has 4 nitrogen and oxygen atoms in total. The first-order valence-electron chi connectivity index (χ1n) is 4.54. The second kappa shape index (κ2) is 4.78. The molecule has 0 aliphatic carbocycles. The monoisotopic (exact) mass is 256 g/mol. The molecule has 84 valence electrons. The van der Waals surface area contributed by atoms with E-state index >= 15 is 0 Å². The summed E-state index contributed by atoms with van der Waals surface area (Å²) in [6.07, 6.45) is 0. The van der Waals surface area contributed by atoms with Gasteiger partial charge in [-0.05, 0) is 12.1 Å². The Morgan fingerprint density at radius 2 is 2.38 bits per heavy atom. The Kier molecular flexibility index (Phi) is 3.38. The molecular formula is C10H9ClN2O2S. The Morgan fingerprint density at radius 1 is 1.56 bits per heavy atom. The van der Waals surface area contributed by atoms with E-state index in [0.717, 1.165) is 4.88 Å². The van der Waals surface area contributed by atoms with Crippen LogP contribution in [0, 0.1) is 0 Å². The highest BCUT2D eigenvalue weighted by molar-refractivity contribution is 7.19. The smallest absolute Gasteiger partial charge is 0.251 e. The number of rotatable bonds is 3. The third-order valence-corrected chi connectivity index (χ3v) is 3.13. The quantitative estimate of drug-likeness (QED) is 0.917. The third-order valence-electron chi connectivity index (χ3n) is 1.89. The summed E-state index contributed by atoms with van der Waals surface area (Å²) in [6.45, 7) is 0.316. The number of halogens is 1. The van der Waals surface area contributed by atoms with Crippen LogP contribution in [0.3, 0.4) is 0 Å². The third kappa shape index (κ3) is 2.49. The van der Waals surface area contributed by atoms with Crippen LogP contribution in [0.25, 0.3) is 10.7 Å². The predicted molar refractivity (Wildman–Crippen MR) is 63.9 cm³/mol. The van der Waals surface area contributed by atoms with Gasteiger partial charge in [0, 0.05) is 13.2 Å². The summed E-state index contributed by atoms with van der Waals surface area (Å²) in [7, 11) is 1.56. The number of aromatic amines is 1. The van der Waals surface area contributed by atoms with Crippen molar-refractivity contribution < 1.29 is 4.74 Å².